The smallest absolute Gasteiger partial charge is 0.253 e. The van der Waals surface area contributed by atoms with Crippen LogP contribution in [0.5, 0.6) is 0 Å². The van der Waals surface area contributed by atoms with Crippen LogP contribution in [0.2, 0.25) is 5.02 Å². The van der Waals surface area contributed by atoms with E-state index in [0.717, 1.165) is 79.2 Å². The summed E-state index contributed by atoms with van der Waals surface area (Å²) in [5.41, 5.74) is 1.65. The summed E-state index contributed by atoms with van der Waals surface area (Å²) < 4.78 is 0.988. The highest BCUT2D eigenvalue weighted by molar-refractivity contribution is 9.10. The second kappa shape index (κ2) is 10.7. The zero-order valence-electron chi connectivity index (χ0n) is 19.8. The van der Waals surface area contributed by atoms with Gasteiger partial charge in [0, 0.05) is 79.0 Å². The highest BCUT2D eigenvalue weighted by atomic mass is 79.9. The number of amides is 1. The van der Waals surface area contributed by atoms with Crippen molar-refractivity contribution in [2.45, 2.75) is 38.3 Å². The number of nitrogens with zero attached hydrogens (tertiary/aromatic N) is 5. The number of aromatic nitrogens is 3. The van der Waals surface area contributed by atoms with Gasteiger partial charge in [0.15, 0.2) is 0 Å². The molecule has 1 atom stereocenters. The fourth-order valence-corrected chi connectivity index (χ4v) is 5.85. The number of aromatic amines is 1. The molecule has 2 aliphatic rings. The van der Waals surface area contributed by atoms with Gasteiger partial charge in [0.25, 0.3) is 5.91 Å². The molecule has 2 saturated heterocycles. The van der Waals surface area contributed by atoms with Gasteiger partial charge in [-0.25, -0.2) is 9.97 Å². The Morgan fingerprint density at radius 2 is 1.91 bits per heavy atom. The number of H-pyrrole nitrogens is 1. The lowest BCUT2D eigenvalue weighted by atomic mass is 9.97. The topological polar surface area (TPSA) is 68.4 Å². The van der Waals surface area contributed by atoms with E-state index in [0.29, 0.717) is 17.1 Å². The van der Waals surface area contributed by atoms with Crippen LogP contribution in [0.1, 0.15) is 36.5 Å². The minimum atomic E-state index is 0.131. The van der Waals surface area contributed by atoms with E-state index in [1.807, 2.05) is 41.4 Å². The highest BCUT2D eigenvalue weighted by Gasteiger charge is 2.34. The van der Waals surface area contributed by atoms with Crippen molar-refractivity contribution in [1.82, 2.24) is 24.8 Å². The predicted molar refractivity (Wildman–Crippen MR) is 143 cm³/mol. The summed E-state index contributed by atoms with van der Waals surface area (Å²) in [6, 6.07) is 10.5. The monoisotopic (exact) mass is 556 g/mol. The van der Waals surface area contributed by atoms with Crippen LogP contribution >= 0.6 is 27.5 Å². The number of rotatable bonds is 5. The van der Waals surface area contributed by atoms with Crippen LogP contribution in [-0.4, -0.2) is 75.5 Å². The molecule has 1 N–H and O–H groups in total. The summed E-state index contributed by atoms with van der Waals surface area (Å²) in [4.78, 5) is 32.0. The van der Waals surface area contributed by atoms with Crippen LogP contribution in [0.25, 0.3) is 11.4 Å². The lowest BCUT2D eigenvalue weighted by Crippen LogP contribution is -2.58. The first-order valence-corrected chi connectivity index (χ1v) is 13.4. The van der Waals surface area contributed by atoms with Gasteiger partial charge in [-0.1, -0.05) is 34.5 Å². The minimum Gasteiger partial charge on any atom is -0.353 e. The summed E-state index contributed by atoms with van der Waals surface area (Å²) >= 11 is 10.1. The van der Waals surface area contributed by atoms with E-state index in [4.69, 9.17) is 16.6 Å². The zero-order valence-corrected chi connectivity index (χ0v) is 22.2. The van der Waals surface area contributed by atoms with Gasteiger partial charge in [-0.15, -0.1) is 0 Å². The van der Waals surface area contributed by atoms with Crippen LogP contribution in [0.3, 0.4) is 0 Å². The SMILES string of the molecule is CC[C@H]1CN(c2ncc(-c3ncc[nH]3)cc2Cl)CCN1C1CCN(C(=O)c2ccc(Br)cc2)CC1. The van der Waals surface area contributed by atoms with Gasteiger partial charge in [-0.2, -0.15) is 0 Å². The molecule has 2 aromatic heterocycles. The third-order valence-electron chi connectivity index (χ3n) is 7.20. The third kappa shape index (κ3) is 5.25. The van der Waals surface area contributed by atoms with Crippen molar-refractivity contribution in [2.24, 2.45) is 0 Å². The average molecular weight is 558 g/mol. The number of halogens is 2. The van der Waals surface area contributed by atoms with Gasteiger partial charge in [0.2, 0.25) is 0 Å². The van der Waals surface area contributed by atoms with Crippen LogP contribution in [0.15, 0.2) is 53.4 Å². The Morgan fingerprint density at radius 3 is 2.57 bits per heavy atom. The van der Waals surface area contributed by atoms with Gasteiger partial charge in [0.1, 0.15) is 11.6 Å². The van der Waals surface area contributed by atoms with E-state index in [1.165, 1.54) is 0 Å². The molecule has 0 unspecified atom stereocenters. The number of anilines is 1. The van der Waals surface area contributed by atoms with E-state index in [2.05, 4.69) is 42.6 Å². The van der Waals surface area contributed by atoms with Crippen LogP contribution in [0.4, 0.5) is 5.82 Å². The molecule has 1 aromatic carbocycles. The fraction of sp³-hybridized carbons (Fsp3) is 0.423. The number of nitrogens with one attached hydrogen (secondary N) is 1. The molecule has 3 aromatic rings. The number of carbonyl (C=O) groups excluding carboxylic acids is 1. The van der Waals surface area contributed by atoms with Crippen molar-refractivity contribution in [2.75, 3.05) is 37.6 Å². The molecule has 4 heterocycles. The van der Waals surface area contributed by atoms with E-state index in [-0.39, 0.29) is 5.91 Å². The summed E-state index contributed by atoms with van der Waals surface area (Å²) in [5, 5.41) is 0.655. The number of pyridine rings is 1. The summed E-state index contributed by atoms with van der Waals surface area (Å²) in [6.45, 7) is 6.63. The number of imidazole rings is 1. The van der Waals surface area contributed by atoms with Crippen LogP contribution < -0.4 is 4.90 Å². The maximum atomic E-state index is 12.9. The first kappa shape index (κ1) is 24.3. The summed E-state index contributed by atoms with van der Waals surface area (Å²) in [7, 11) is 0. The first-order valence-electron chi connectivity index (χ1n) is 12.2. The molecule has 2 fully saturated rings. The normalized spacial score (nSPS) is 19.8. The molecule has 0 radical (unpaired) electrons. The van der Waals surface area contributed by atoms with Gasteiger partial charge in [0.05, 0.1) is 5.02 Å². The Balaban J connectivity index is 1.20. The predicted octanol–water partition coefficient (Wildman–Crippen LogP) is 5.09. The molecule has 0 spiro atoms. The Bertz CT molecular complexity index is 1150. The number of carbonyl (C=O) groups is 1. The lowest BCUT2D eigenvalue weighted by Gasteiger charge is -2.47. The van der Waals surface area contributed by atoms with E-state index in [9.17, 15) is 4.79 Å². The quantitative estimate of drug-likeness (QED) is 0.473. The van der Waals surface area contributed by atoms with Crippen molar-refractivity contribution in [1.29, 1.82) is 0 Å². The Kier molecular flexibility index (Phi) is 7.41. The fourth-order valence-electron chi connectivity index (χ4n) is 5.30. The highest BCUT2D eigenvalue weighted by Crippen LogP contribution is 2.31. The third-order valence-corrected chi connectivity index (χ3v) is 8.01. The van der Waals surface area contributed by atoms with Crippen LogP contribution in [-0.2, 0) is 0 Å². The number of piperazine rings is 1. The van der Waals surface area contributed by atoms with Gasteiger partial charge >= 0.3 is 0 Å². The van der Waals surface area contributed by atoms with Gasteiger partial charge < -0.3 is 14.8 Å². The van der Waals surface area contributed by atoms with Crippen molar-refractivity contribution >= 4 is 39.3 Å². The second-order valence-electron chi connectivity index (χ2n) is 9.24. The number of piperidine rings is 1. The molecule has 2 aliphatic heterocycles. The van der Waals surface area contributed by atoms with Gasteiger partial charge in [-0.3, -0.25) is 9.69 Å². The molecule has 35 heavy (non-hydrogen) atoms. The van der Waals surface area contributed by atoms with E-state index < -0.39 is 0 Å². The molecule has 0 aliphatic carbocycles. The largest absolute Gasteiger partial charge is 0.353 e. The van der Waals surface area contributed by atoms with Gasteiger partial charge in [-0.05, 0) is 49.6 Å². The zero-order chi connectivity index (χ0) is 24.4. The van der Waals surface area contributed by atoms with Crippen molar-refractivity contribution in [3.63, 3.8) is 0 Å². The van der Waals surface area contributed by atoms with E-state index >= 15 is 0 Å². The summed E-state index contributed by atoms with van der Waals surface area (Å²) in [6.07, 6.45) is 8.44. The molecular formula is C26H30BrClN6O. The maximum absolute atomic E-state index is 12.9. The van der Waals surface area contributed by atoms with E-state index in [1.54, 1.807) is 12.4 Å². The number of hydrogen-bond acceptors (Lipinski definition) is 5. The van der Waals surface area contributed by atoms with Crippen molar-refractivity contribution < 1.29 is 4.79 Å². The molecule has 7 nitrogen and oxygen atoms in total. The van der Waals surface area contributed by atoms with Crippen molar-refractivity contribution in [3.05, 3.63) is 64.0 Å². The molecule has 0 bridgehead atoms. The average Bonchev–Trinajstić information content (AvgIpc) is 3.44. The molecule has 1 amide bonds. The molecular weight excluding hydrogens is 528 g/mol. The standard InChI is InChI=1S/C26H30BrClN6O/c1-2-21-17-33(25-23(28)15-19(16-31-25)24-29-9-10-30-24)13-14-34(21)22-7-11-32(12-8-22)26(35)18-3-5-20(27)6-4-18/h3-6,9-10,15-16,21-22H,2,7-8,11-14,17H2,1H3,(H,29,30)/t21-/m0/s1. The molecule has 184 valence electrons. The maximum Gasteiger partial charge on any atom is 0.253 e. The van der Waals surface area contributed by atoms with Crippen molar-refractivity contribution in [3.8, 4) is 11.4 Å². The molecule has 0 saturated carbocycles. The number of benzene rings is 1. The lowest BCUT2D eigenvalue weighted by molar-refractivity contribution is 0.0491. The molecule has 5 rings (SSSR count). The second-order valence-corrected chi connectivity index (χ2v) is 10.6. The Morgan fingerprint density at radius 1 is 1.14 bits per heavy atom. The Labute approximate surface area is 219 Å². The van der Waals surface area contributed by atoms with Crippen LogP contribution in [0, 0.1) is 0 Å². The summed E-state index contributed by atoms with van der Waals surface area (Å²) in [5.74, 6) is 1.74. The minimum absolute atomic E-state index is 0.131. The molecule has 9 heteroatoms. The number of likely N-dealkylation sites (tertiary alicyclic amines) is 1. The number of hydrogen-bond donors (Lipinski definition) is 1. The Hall–Kier alpha value is -2.42. The first-order chi connectivity index (χ1) is 17.0.